The van der Waals surface area contributed by atoms with Crippen LogP contribution in [0.15, 0.2) is 0 Å². The molecule has 2 N–H and O–H groups in total. The molecule has 0 bridgehead atoms. The number of carbonyl (C=O) groups excluding carboxylic acids is 2. The number of amides is 2. The minimum atomic E-state index is -0.542. The summed E-state index contributed by atoms with van der Waals surface area (Å²) in [5.41, 5.74) is -0.524. The van der Waals surface area contributed by atoms with E-state index in [9.17, 15) is 9.59 Å². The van der Waals surface area contributed by atoms with Crippen molar-refractivity contribution in [3.8, 4) is 0 Å². The quantitative estimate of drug-likeness (QED) is 0.694. The molecule has 0 saturated carbocycles. The Morgan fingerprint density at radius 1 is 1.43 bits per heavy atom. The molecule has 7 heteroatoms. The third-order valence-electron chi connectivity index (χ3n) is 4.37. The highest BCUT2D eigenvalue weighted by Gasteiger charge is 2.45. The molecule has 2 aliphatic heterocycles. The fraction of sp³-hybridized carbons (Fsp3) is 0.857. The molecule has 0 aliphatic carbocycles. The van der Waals surface area contributed by atoms with E-state index in [2.05, 4.69) is 10.6 Å². The van der Waals surface area contributed by atoms with Gasteiger partial charge in [-0.2, -0.15) is 0 Å². The largest absolute Gasteiger partial charge is 0.384 e. The fourth-order valence-electron chi connectivity index (χ4n) is 3.14. The monoisotopic (exact) mass is 299 g/mol. The molecular formula is C14H25N3O4. The highest BCUT2D eigenvalue weighted by Crippen LogP contribution is 2.32. The second-order valence-corrected chi connectivity index (χ2v) is 5.67. The summed E-state index contributed by atoms with van der Waals surface area (Å²) in [5, 5.41) is 5.88. The average Bonchev–Trinajstić information content (AvgIpc) is 2.54. The van der Waals surface area contributed by atoms with E-state index < -0.39 is 11.5 Å². The molecular weight excluding hydrogens is 274 g/mol. The Bertz CT molecular complexity index is 377. The first-order chi connectivity index (χ1) is 10.1. The number of ether oxygens (including phenoxy) is 2. The highest BCUT2D eigenvalue weighted by atomic mass is 16.5. The number of methoxy groups -OCH3 is 1. The smallest absolute Gasteiger partial charge is 0.244 e. The molecule has 2 heterocycles. The predicted molar refractivity (Wildman–Crippen MR) is 76.8 cm³/mol. The topological polar surface area (TPSA) is 79.9 Å². The Kier molecular flexibility index (Phi) is 5.55. The molecule has 0 aromatic rings. The minimum absolute atomic E-state index is 0.0164. The molecule has 120 valence electrons. The number of nitrogens with zero attached hydrogens (tertiary/aromatic N) is 1. The van der Waals surface area contributed by atoms with Crippen molar-refractivity contribution in [2.75, 3.05) is 53.6 Å². The van der Waals surface area contributed by atoms with Crippen molar-refractivity contribution in [2.24, 2.45) is 5.41 Å². The normalized spacial score (nSPS) is 25.4. The summed E-state index contributed by atoms with van der Waals surface area (Å²) in [7, 11) is 3.20. The van der Waals surface area contributed by atoms with E-state index >= 15 is 0 Å². The first-order valence-corrected chi connectivity index (χ1v) is 7.45. The van der Waals surface area contributed by atoms with Gasteiger partial charge in [0.15, 0.2) is 0 Å². The van der Waals surface area contributed by atoms with Crippen LogP contribution in [-0.2, 0) is 19.1 Å². The number of likely N-dealkylation sites (N-methyl/N-ethyl adjacent to an activating group) is 1. The lowest BCUT2D eigenvalue weighted by Crippen LogP contribution is -2.61. The van der Waals surface area contributed by atoms with Crippen LogP contribution in [0, 0.1) is 5.41 Å². The number of nitrogens with one attached hydrogen (secondary N) is 2. The fourth-order valence-corrected chi connectivity index (χ4v) is 3.14. The average molecular weight is 299 g/mol. The minimum Gasteiger partial charge on any atom is -0.384 e. The van der Waals surface area contributed by atoms with Crippen molar-refractivity contribution in [3.63, 3.8) is 0 Å². The van der Waals surface area contributed by atoms with Gasteiger partial charge in [0.25, 0.3) is 0 Å². The van der Waals surface area contributed by atoms with Crippen LogP contribution >= 0.6 is 0 Å². The molecule has 21 heavy (non-hydrogen) atoms. The van der Waals surface area contributed by atoms with Crippen LogP contribution < -0.4 is 10.6 Å². The summed E-state index contributed by atoms with van der Waals surface area (Å²) in [6.45, 7) is 3.17. The van der Waals surface area contributed by atoms with Crippen LogP contribution in [0.1, 0.15) is 12.8 Å². The summed E-state index contributed by atoms with van der Waals surface area (Å²) in [4.78, 5) is 26.7. The molecule has 0 spiro atoms. The lowest BCUT2D eigenvalue weighted by atomic mass is 9.78. The van der Waals surface area contributed by atoms with Gasteiger partial charge in [-0.05, 0) is 25.9 Å². The van der Waals surface area contributed by atoms with Crippen LogP contribution in [0.3, 0.4) is 0 Å². The van der Waals surface area contributed by atoms with E-state index in [1.165, 1.54) is 0 Å². The molecule has 2 amide bonds. The molecule has 0 aromatic heterocycles. The zero-order valence-corrected chi connectivity index (χ0v) is 12.8. The van der Waals surface area contributed by atoms with Gasteiger partial charge in [-0.15, -0.1) is 0 Å². The molecule has 2 rings (SSSR count). The summed E-state index contributed by atoms with van der Waals surface area (Å²) < 4.78 is 10.7. The molecule has 0 aromatic carbocycles. The Labute approximate surface area is 125 Å². The van der Waals surface area contributed by atoms with Crippen molar-refractivity contribution in [3.05, 3.63) is 0 Å². The molecule has 2 fully saturated rings. The first kappa shape index (κ1) is 16.2. The highest BCUT2D eigenvalue weighted by molar-refractivity contribution is 5.90. The number of hydrogen-bond donors (Lipinski definition) is 2. The van der Waals surface area contributed by atoms with Crippen molar-refractivity contribution >= 4 is 11.8 Å². The van der Waals surface area contributed by atoms with Gasteiger partial charge in [-0.3, -0.25) is 9.59 Å². The second kappa shape index (κ2) is 7.20. The van der Waals surface area contributed by atoms with E-state index in [1.54, 1.807) is 19.1 Å². The van der Waals surface area contributed by atoms with E-state index in [-0.39, 0.29) is 18.4 Å². The number of morpholine rings is 1. The maximum absolute atomic E-state index is 13.1. The van der Waals surface area contributed by atoms with Gasteiger partial charge < -0.3 is 25.0 Å². The van der Waals surface area contributed by atoms with Gasteiger partial charge in [-0.25, -0.2) is 0 Å². The molecule has 1 atom stereocenters. The molecule has 2 saturated heterocycles. The number of piperidine rings is 1. The lowest BCUT2D eigenvalue weighted by molar-refractivity contribution is -0.160. The second-order valence-electron chi connectivity index (χ2n) is 5.67. The van der Waals surface area contributed by atoms with E-state index in [1.807, 2.05) is 0 Å². The Morgan fingerprint density at radius 2 is 2.14 bits per heavy atom. The van der Waals surface area contributed by atoms with E-state index in [0.717, 1.165) is 25.9 Å². The first-order valence-electron chi connectivity index (χ1n) is 7.45. The van der Waals surface area contributed by atoms with Gasteiger partial charge >= 0.3 is 0 Å². The summed E-state index contributed by atoms with van der Waals surface area (Å²) in [5.74, 6) is -0.160. The zero-order valence-electron chi connectivity index (χ0n) is 12.8. The Balaban J connectivity index is 2.19. The van der Waals surface area contributed by atoms with Gasteiger partial charge in [0, 0.05) is 20.7 Å². The SMILES string of the molecule is CNC(=O)C1COCCN1C(=O)C1(COC)CCNCC1. The Hall–Kier alpha value is -1.18. The molecule has 0 radical (unpaired) electrons. The van der Waals surface area contributed by atoms with E-state index in [4.69, 9.17) is 9.47 Å². The van der Waals surface area contributed by atoms with Gasteiger partial charge in [-0.1, -0.05) is 0 Å². The van der Waals surface area contributed by atoms with E-state index in [0.29, 0.717) is 19.8 Å². The third-order valence-corrected chi connectivity index (χ3v) is 4.37. The molecule has 2 aliphatic rings. The summed E-state index contributed by atoms with van der Waals surface area (Å²) >= 11 is 0. The van der Waals surface area contributed by atoms with Crippen LogP contribution in [0.2, 0.25) is 0 Å². The molecule has 1 unspecified atom stereocenters. The number of carbonyl (C=O) groups is 2. The van der Waals surface area contributed by atoms with Crippen molar-refractivity contribution in [1.82, 2.24) is 15.5 Å². The third kappa shape index (κ3) is 3.36. The Morgan fingerprint density at radius 3 is 2.76 bits per heavy atom. The van der Waals surface area contributed by atoms with Crippen LogP contribution in [0.5, 0.6) is 0 Å². The zero-order chi connectivity index (χ0) is 15.3. The van der Waals surface area contributed by atoms with Crippen molar-refractivity contribution in [1.29, 1.82) is 0 Å². The van der Waals surface area contributed by atoms with Gasteiger partial charge in [0.2, 0.25) is 11.8 Å². The van der Waals surface area contributed by atoms with Crippen LogP contribution in [0.4, 0.5) is 0 Å². The van der Waals surface area contributed by atoms with Crippen molar-refractivity contribution in [2.45, 2.75) is 18.9 Å². The lowest BCUT2D eigenvalue weighted by Gasteiger charge is -2.43. The number of rotatable bonds is 4. The van der Waals surface area contributed by atoms with Crippen LogP contribution in [0.25, 0.3) is 0 Å². The maximum Gasteiger partial charge on any atom is 0.244 e. The van der Waals surface area contributed by atoms with Crippen LogP contribution in [-0.4, -0.2) is 76.4 Å². The standard InChI is InChI=1S/C14H25N3O4/c1-15-12(18)11-9-21-8-7-17(11)13(19)14(10-20-2)3-5-16-6-4-14/h11,16H,3-10H2,1-2H3,(H,15,18). The predicted octanol–water partition coefficient (Wildman–Crippen LogP) is -1.02. The maximum atomic E-state index is 13.1. The van der Waals surface area contributed by atoms with Crippen molar-refractivity contribution < 1.29 is 19.1 Å². The van der Waals surface area contributed by atoms with Gasteiger partial charge in [0.05, 0.1) is 25.2 Å². The number of hydrogen-bond acceptors (Lipinski definition) is 5. The summed E-state index contributed by atoms with van der Waals surface area (Å²) in [6, 6.07) is -0.542. The molecule has 7 nitrogen and oxygen atoms in total. The summed E-state index contributed by atoms with van der Waals surface area (Å²) in [6.07, 6.45) is 1.47. The van der Waals surface area contributed by atoms with Gasteiger partial charge in [0.1, 0.15) is 6.04 Å².